The quantitative estimate of drug-likeness (QED) is 0.915. The Hall–Kier alpha value is -1.56. The summed E-state index contributed by atoms with van der Waals surface area (Å²) in [5.41, 5.74) is 0.288. The Morgan fingerprint density at radius 2 is 1.84 bits per heavy atom. The van der Waals surface area contributed by atoms with Gasteiger partial charge in [-0.25, -0.2) is 9.97 Å². The molecule has 1 aromatic heterocycles. The van der Waals surface area contributed by atoms with Crippen LogP contribution in [0.15, 0.2) is 18.5 Å². The molecular formula is C13H17F2N3O. The van der Waals surface area contributed by atoms with Gasteiger partial charge in [0.05, 0.1) is 6.10 Å². The van der Waals surface area contributed by atoms with Crippen LogP contribution in [0.2, 0.25) is 0 Å². The lowest BCUT2D eigenvalue weighted by Crippen LogP contribution is -2.37. The van der Waals surface area contributed by atoms with E-state index < -0.39 is 6.08 Å². The van der Waals surface area contributed by atoms with Crippen LogP contribution in [-0.2, 0) is 0 Å². The summed E-state index contributed by atoms with van der Waals surface area (Å²) in [5.74, 6) is 0.526. The Bertz CT molecular complexity index is 438. The first-order valence-corrected chi connectivity index (χ1v) is 6.32. The van der Waals surface area contributed by atoms with Gasteiger partial charge < -0.3 is 10.0 Å². The van der Waals surface area contributed by atoms with E-state index in [1.165, 1.54) is 12.4 Å². The van der Waals surface area contributed by atoms with Crippen LogP contribution in [0.5, 0.6) is 0 Å². The van der Waals surface area contributed by atoms with E-state index in [2.05, 4.69) is 9.97 Å². The summed E-state index contributed by atoms with van der Waals surface area (Å²) in [7, 11) is 1.89. The van der Waals surface area contributed by atoms with Crippen LogP contribution < -0.4 is 4.90 Å². The summed E-state index contributed by atoms with van der Waals surface area (Å²) in [4.78, 5) is 10.2. The Morgan fingerprint density at radius 3 is 2.37 bits per heavy atom. The zero-order valence-corrected chi connectivity index (χ0v) is 10.8. The summed E-state index contributed by atoms with van der Waals surface area (Å²) >= 11 is 0. The highest BCUT2D eigenvalue weighted by molar-refractivity contribution is 5.48. The number of rotatable bonds is 3. The number of aliphatic hydroxyl groups excluding tert-OH is 1. The fraction of sp³-hybridized carbons (Fsp3) is 0.538. The third-order valence-electron chi connectivity index (χ3n) is 3.46. The first kappa shape index (κ1) is 13.9. The number of aromatic nitrogens is 2. The van der Waals surface area contributed by atoms with Crippen molar-refractivity contribution >= 4 is 12.0 Å². The predicted octanol–water partition coefficient (Wildman–Crippen LogP) is 2.45. The van der Waals surface area contributed by atoms with Crippen LogP contribution >= 0.6 is 0 Å². The Labute approximate surface area is 110 Å². The van der Waals surface area contributed by atoms with Gasteiger partial charge in [-0.3, -0.25) is 0 Å². The average molecular weight is 269 g/mol. The van der Waals surface area contributed by atoms with Gasteiger partial charge in [0.1, 0.15) is 0 Å². The molecule has 1 heterocycles. The molecule has 6 heteroatoms. The largest absolute Gasteiger partial charge is 0.393 e. The summed E-state index contributed by atoms with van der Waals surface area (Å²) in [6, 6.07) is 0.294. The zero-order valence-electron chi connectivity index (χ0n) is 10.8. The fourth-order valence-electron chi connectivity index (χ4n) is 2.32. The molecule has 4 nitrogen and oxygen atoms in total. The van der Waals surface area contributed by atoms with Crippen LogP contribution in [0.4, 0.5) is 14.7 Å². The topological polar surface area (TPSA) is 49.2 Å². The Morgan fingerprint density at radius 1 is 1.26 bits per heavy atom. The standard InChI is InChI=1S/C13H17F2N3O/c1-18(10-2-4-11(19)5-3-10)13-16-7-9(8-17-13)6-12(14)15/h6-8,10-11,19H,2-5H2,1H3. The highest BCUT2D eigenvalue weighted by Crippen LogP contribution is 2.24. The van der Waals surface area contributed by atoms with Crippen LogP contribution in [0, 0.1) is 0 Å². The van der Waals surface area contributed by atoms with Gasteiger partial charge in [-0.1, -0.05) is 0 Å². The van der Waals surface area contributed by atoms with E-state index in [0.717, 1.165) is 31.8 Å². The molecule has 0 aliphatic heterocycles. The highest BCUT2D eigenvalue weighted by Gasteiger charge is 2.23. The molecular weight excluding hydrogens is 252 g/mol. The van der Waals surface area contributed by atoms with Gasteiger partial charge in [-0.2, -0.15) is 8.78 Å². The molecule has 1 aromatic rings. The molecule has 1 aliphatic carbocycles. The second-order valence-corrected chi connectivity index (χ2v) is 4.82. The highest BCUT2D eigenvalue weighted by atomic mass is 19.3. The molecule has 0 saturated heterocycles. The summed E-state index contributed by atoms with van der Waals surface area (Å²) in [6.45, 7) is 0. The lowest BCUT2D eigenvalue weighted by Gasteiger charge is -2.33. The smallest absolute Gasteiger partial charge is 0.271 e. The number of hydrogen-bond acceptors (Lipinski definition) is 4. The molecule has 2 rings (SSSR count). The molecule has 104 valence electrons. The van der Waals surface area contributed by atoms with Gasteiger partial charge in [-0.05, 0) is 25.7 Å². The van der Waals surface area contributed by atoms with Crippen LogP contribution in [0.25, 0.3) is 6.08 Å². The van der Waals surface area contributed by atoms with Crippen molar-refractivity contribution in [2.45, 2.75) is 37.8 Å². The lowest BCUT2D eigenvalue weighted by atomic mass is 9.92. The van der Waals surface area contributed by atoms with Crippen molar-refractivity contribution in [3.8, 4) is 0 Å². The molecule has 0 bridgehead atoms. The van der Waals surface area contributed by atoms with Crippen molar-refractivity contribution < 1.29 is 13.9 Å². The predicted molar refractivity (Wildman–Crippen MR) is 68.9 cm³/mol. The van der Waals surface area contributed by atoms with Crippen LogP contribution in [0.3, 0.4) is 0 Å². The van der Waals surface area contributed by atoms with Gasteiger partial charge in [0.2, 0.25) is 5.95 Å². The second-order valence-electron chi connectivity index (χ2n) is 4.82. The van der Waals surface area contributed by atoms with Crippen LogP contribution in [-0.4, -0.2) is 34.3 Å². The number of aliphatic hydroxyl groups is 1. The van der Waals surface area contributed by atoms with E-state index >= 15 is 0 Å². The second kappa shape index (κ2) is 6.06. The van der Waals surface area contributed by atoms with Gasteiger partial charge in [-0.15, -0.1) is 0 Å². The van der Waals surface area contributed by atoms with Crippen molar-refractivity contribution in [3.05, 3.63) is 24.0 Å². The van der Waals surface area contributed by atoms with Gasteiger partial charge in [0.15, 0.2) is 0 Å². The molecule has 0 spiro atoms. The SMILES string of the molecule is CN(c1ncc(C=C(F)F)cn1)C1CCC(O)CC1. The van der Waals surface area contributed by atoms with E-state index in [1.54, 1.807) is 0 Å². The lowest BCUT2D eigenvalue weighted by molar-refractivity contribution is 0.122. The van der Waals surface area contributed by atoms with E-state index in [9.17, 15) is 13.9 Å². The maximum absolute atomic E-state index is 12.1. The molecule has 1 aliphatic rings. The van der Waals surface area contributed by atoms with Crippen molar-refractivity contribution in [1.82, 2.24) is 9.97 Å². The number of hydrogen-bond donors (Lipinski definition) is 1. The summed E-state index contributed by atoms with van der Waals surface area (Å²) < 4.78 is 24.2. The average Bonchev–Trinajstić information content (AvgIpc) is 2.39. The van der Waals surface area contributed by atoms with Gasteiger partial charge in [0.25, 0.3) is 6.08 Å². The van der Waals surface area contributed by atoms with E-state index in [-0.39, 0.29) is 11.7 Å². The fourth-order valence-corrected chi connectivity index (χ4v) is 2.32. The minimum Gasteiger partial charge on any atom is -0.393 e. The molecule has 0 atom stereocenters. The van der Waals surface area contributed by atoms with Crippen molar-refractivity contribution in [1.29, 1.82) is 0 Å². The molecule has 1 saturated carbocycles. The minimum atomic E-state index is -1.76. The molecule has 1 fully saturated rings. The van der Waals surface area contributed by atoms with Gasteiger partial charge >= 0.3 is 0 Å². The normalized spacial score (nSPS) is 22.9. The third-order valence-corrected chi connectivity index (χ3v) is 3.46. The Kier molecular flexibility index (Phi) is 4.42. The number of halogens is 2. The first-order chi connectivity index (χ1) is 9.06. The zero-order chi connectivity index (χ0) is 13.8. The maximum Gasteiger partial charge on any atom is 0.271 e. The minimum absolute atomic E-state index is 0.203. The summed E-state index contributed by atoms with van der Waals surface area (Å²) in [5, 5.41) is 9.47. The molecule has 0 radical (unpaired) electrons. The molecule has 0 aromatic carbocycles. The van der Waals surface area contributed by atoms with E-state index in [0.29, 0.717) is 12.0 Å². The number of nitrogens with zero attached hydrogens (tertiary/aromatic N) is 3. The van der Waals surface area contributed by atoms with E-state index in [1.807, 2.05) is 11.9 Å². The maximum atomic E-state index is 12.1. The summed E-state index contributed by atoms with van der Waals surface area (Å²) in [6.07, 6.45) is 4.89. The van der Waals surface area contributed by atoms with Gasteiger partial charge in [0, 0.05) is 37.1 Å². The van der Waals surface area contributed by atoms with Crippen LogP contribution in [0.1, 0.15) is 31.2 Å². The molecule has 1 N–H and O–H groups in total. The van der Waals surface area contributed by atoms with E-state index in [4.69, 9.17) is 0 Å². The monoisotopic (exact) mass is 269 g/mol. The van der Waals surface area contributed by atoms with Crippen molar-refractivity contribution in [3.63, 3.8) is 0 Å². The van der Waals surface area contributed by atoms with Crippen molar-refractivity contribution in [2.75, 3.05) is 11.9 Å². The molecule has 0 unspecified atom stereocenters. The Balaban J connectivity index is 2.03. The number of anilines is 1. The third kappa shape index (κ3) is 3.70. The molecule has 0 amide bonds. The molecule has 19 heavy (non-hydrogen) atoms. The first-order valence-electron chi connectivity index (χ1n) is 6.32. The van der Waals surface area contributed by atoms with Crippen molar-refractivity contribution in [2.24, 2.45) is 0 Å².